The van der Waals surface area contributed by atoms with Crippen LogP contribution in [0.2, 0.25) is 0 Å². The van der Waals surface area contributed by atoms with Crippen molar-refractivity contribution in [3.63, 3.8) is 0 Å². The van der Waals surface area contributed by atoms with Gasteiger partial charge in [-0.25, -0.2) is 18.9 Å². The number of benzene rings is 1. The monoisotopic (exact) mass is 383 g/mol. The second-order valence-electron chi connectivity index (χ2n) is 6.29. The summed E-state index contributed by atoms with van der Waals surface area (Å²) in [5, 5.41) is 8.79. The molecule has 0 heterocycles. The lowest BCUT2D eigenvalue weighted by Crippen LogP contribution is -2.41. The third-order valence-electron chi connectivity index (χ3n) is 4.09. The van der Waals surface area contributed by atoms with Crippen molar-refractivity contribution in [3.8, 4) is 5.75 Å². The lowest BCUT2D eigenvalue weighted by atomic mass is 9.80. The van der Waals surface area contributed by atoms with Gasteiger partial charge < -0.3 is 4.74 Å². The first-order valence-electron chi connectivity index (χ1n) is 7.92. The third kappa shape index (κ3) is 5.57. The van der Waals surface area contributed by atoms with Crippen molar-refractivity contribution < 1.29 is 23.2 Å². The van der Waals surface area contributed by atoms with Crippen LogP contribution >= 0.6 is 0 Å². The molecule has 0 bridgehead atoms. The molecule has 8 nitrogen and oxygen atoms in total. The SMILES string of the molecule is C=C(N=CC)NS(=O)(=O)c1ccc(OCC(C)C(C)(C)C(=O)NO)cc1. The van der Waals surface area contributed by atoms with Gasteiger partial charge in [-0.1, -0.05) is 27.4 Å². The molecule has 0 radical (unpaired) electrons. The van der Waals surface area contributed by atoms with Gasteiger partial charge in [0.05, 0.1) is 16.9 Å². The van der Waals surface area contributed by atoms with E-state index in [9.17, 15) is 13.2 Å². The largest absolute Gasteiger partial charge is 0.493 e. The molecule has 0 saturated carbocycles. The Hall–Kier alpha value is -2.39. The summed E-state index contributed by atoms with van der Waals surface area (Å²) in [5.41, 5.74) is 0.817. The van der Waals surface area contributed by atoms with E-state index >= 15 is 0 Å². The van der Waals surface area contributed by atoms with Crippen LogP contribution in [0.5, 0.6) is 5.75 Å². The molecule has 1 aromatic carbocycles. The predicted octanol–water partition coefficient (Wildman–Crippen LogP) is 2.07. The number of rotatable bonds is 9. The van der Waals surface area contributed by atoms with E-state index in [1.54, 1.807) is 26.3 Å². The van der Waals surface area contributed by atoms with Crippen LogP contribution in [0.4, 0.5) is 0 Å². The minimum absolute atomic E-state index is 0.0195. The predicted molar refractivity (Wildman–Crippen MR) is 98.4 cm³/mol. The fourth-order valence-electron chi connectivity index (χ4n) is 1.91. The third-order valence-corrected chi connectivity index (χ3v) is 5.49. The number of hydrogen-bond acceptors (Lipinski definition) is 6. The van der Waals surface area contributed by atoms with Gasteiger partial charge in [0.2, 0.25) is 5.91 Å². The van der Waals surface area contributed by atoms with Crippen molar-refractivity contribution in [2.75, 3.05) is 6.61 Å². The van der Waals surface area contributed by atoms with Crippen LogP contribution in [-0.4, -0.2) is 32.4 Å². The quantitative estimate of drug-likeness (QED) is 0.343. The molecule has 1 amide bonds. The van der Waals surface area contributed by atoms with E-state index in [0.717, 1.165) is 0 Å². The zero-order valence-electron chi connectivity index (χ0n) is 15.3. The van der Waals surface area contributed by atoms with Gasteiger partial charge in [-0.05, 0) is 31.2 Å². The number of sulfonamides is 1. The summed E-state index contributed by atoms with van der Waals surface area (Å²) >= 11 is 0. The Morgan fingerprint density at radius 2 is 1.96 bits per heavy atom. The molecule has 0 saturated heterocycles. The van der Waals surface area contributed by atoms with Crippen LogP contribution in [0, 0.1) is 11.3 Å². The van der Waals surface area contributed by atoms with Crippen LogP contribution in [-0.2, 0) is 14.8 Å². The van der Waals surface area contributed by atoms with Crippen molar-refractivity contribution in [3.05, 3.63) is 36.7 Å². The smallest absolute Gasteiger partial charge is 0.263 e. The number of hydroxylamine groups is 1. The molecule has 1 aromatic rings. The van der Waals surface area contributed by atoms with Gasteiger partial charge in [-0.3, -0.25) is 14.7 Å². The maximum absolute atomic E-state index is 12.2. The zero-order chi connectivity index (χ0) is 20.0. The Morgan fingerprint density at radius 1 is 1.38 bits per heavy atom. The lowest BCUT2D eigenvalue weighted by Gasteiger charge is -2.29. The second kappa shape index (κ2) is 8.81. The second-order valence-corrected chi connectivity index (χ2v) is 7.97. The van der Waals surface area contributed by atoms with E-state index in [0.29, 0.717) is 5.75 Å². The van der Waals surface area contributed by atoms with Gasteiger partial charge >= 0.3 is 0 Å². The molecule has 0 aliphatic rings. The minimum atomic E-state index is -3.77. The summed E-state index contributed by atoms with van der Waals surface area (Å²) < 4.78 is 32.2. The van der Waals surface area contributed by atoms with E-state index in [2.05, 4.69) is 16.3 Å². The fraction of sp³-hybridized carbons (Fsp3) is 0.412. The molecule has 1 unspecified atom stereocenters. The first-order valence-corrected chi connectivity index (χ1v) is 9.40. The summed E-state index contributed by atoms with van der Waals surface area (Å²) in [7, 11) is -3.77. The molecule has 0 spiro atoms. The van der Waals surface area contributed by atoms with E-state index in [1.165, 1.54) is 30.5 Å². The highest BCUT2D eigenvalue weighted by atomic mass is 32.2. The average molecular weight is 383 g/mol. The number of nitrogens with zero attached hydrogens (tertiary/aromatic N) is 1. The van der Waals surface area contributed by atoms with Crippen LogP contribution in [0.25, 0.3) is 0 Å². The molecule has 0 fully saturated rings. The van der Waals surface area contributed by atoms with Crippen molar-refractivity contribution in [1.29, 1.82) is 0 Å². The van der Waals surface area contributed by atoms with Crippen LogP contribution in [0.15, 0.2) is 46.6 Å². The highest BCUT2D eigenvalue weighted by Gasteiger charge is 2.34. The van der Waals surface area contributed by atoms with E-state index in [1.807, 2.05) is 6.92 Å². The summed E-state index contributed by atoms with van der Waals surface area (Å²) in [4.78, 5) is 15.5. The van der Waals surface area contributed by atoms with Crippen molar-refractivity contribution in [2.45, 2.75) is 32.6 Å². The van der Waals surface area contributed by atoms with Gasteiger partial charge in [0.15, 0.2) is 0 Å². The van der Waals surface area contributed by atoms with Crippen LogP contribution in [0.1, 0.15) is 27.7 Å². The Morgan fingerprint density at radius 3 is 2.46 bits per heavy atom. The fourth-order valence-corrected chi connectivity index (χ4v) is 2.88. The molecule has 0 aromatic heterocycles. The van der Waals surface area contributed by atoms with E-state index in [4.69, 9.17) is 9.94 Å². The van der Waals surface area contributed by atoms with Crippen molar-refractivity contribution in [1.82, 2.24) is 10.2 Å². The maximum Gasteiger partial charge on any atom is 0.263 e. The molecule has 1 atom stereocenters. The Bertz CT molecular complexity index is 770. The molecule has 0 aliphatic carbocycles. The molecular weight excluding hydrogens is 358 g/mol. The number of ether oxygens (including phenoxy) is 1. The molecule has 1 rings (SSSR count). The number of nitrogens with one attached hydrogen (secondary N) is 2. The Kier molecular flexibility index (Phi) is 7.34. The van der Waals surface area contributed by atoms with Crippen molar-refractivity contribution >= 4 is 22.1 Å². The zero-order valence-corrected chi connectivity index (χ0v) is 16.1. The van der Waals surface area contributed by atoms with E-state index < -0.39 is 21.3 Å². The van der Waals surface area contributed by atoms with Gasteiger partial charge in [0.25, 0.3) is 10.0 Å². The molecule has 26 heavy (non-hydrogen) atoms. The highest BCUT2D eigenvalue weighted by Crippen LogP contribution is 2.27. The molecular formula is C17H25N3O5S. The molecule has 3 N–H and O–H groups in total. The van der Waals surface area contributed by atoms with Crippen LogP contribution in [0.3, 0.4) is 0 Å². The van der Waals surface area contributed by atoms with E-state index in [-0.39, 0.29) is 23.2 Å². The number of aliphatic imine (C=N–C) groups is 1. The van der Waals surface area contributed by atoms with Gasteiger partial charge in [0, 0.05) is 12.1 Å². The summed E-state index contributed by atoms with van der Waals surface area (Å²) in [5.74, 6) is -0.224. The number of amides is 1. The van der Waals surface area contributed by atoms with Gasteiger partial charge in [-0.15, -0.1) is 0 Å². The molecule has 9 heteroatoms. The Balaban J connectivity index is 2.76. The summed E-state index contributed by atoms with van der Waals surface area (Å²) in [6.45, 7) is 10.6. The number of carbonyl (C=O) groups excluding carboxylic acids is 1. The molecule has 0 aliphatic heterocycles. The average Bonchev–Trinajstić information content (AvgIpc) is 2.58. The normalized spacial score (nSPS) is 13.3. The first-order chi connectivity index (χ1) is 12.0. The summed E-state index contributed by atoms with van der Waals surface area (Å²) in [6, 6.07) is 5.84. The molecule has 144 valence electrons. The highest BCUT2D eigenvalue weighted by molar-refractivity contribution is 7.89. The standard InChI is InChI=1S/C17H25N3O5S/c1-6-18-13(3)20-26(23,24)15-9-7-14(8-10-15)25-11-12(2)17(4,5)16(21)19-22/h6-10,12,20,22H,3,11H2,1-2,4-5H3,(H,19,21). The number of hydrogen-bond donors (Lipinski definition) is 3. The topological polar surface area (TPSA) is 117 Å². The van der Waals surface area contributed by atoms with Gasteiger partial charge in [-0.2, -0.15) is 0 Å². The minimum Gasteiger partial charge on any atom is -0.493 e. The number of carbonyl (C=O) groups is 1. The summed E-state index contributed by atoms with van der Waals surface area (Å²) in [6.07, 6.45) is 1.43. The van der Waals surface area contributed by atoms with Crippen LogP contribution < -0.4 is 14.9 Å². The van der Waals surface area contributed by atoms with Crippen molar-refractivity contribution in [2.24, 2.45) is 16.3 Å². The maximum atomic E-state index is 12.2. The first kappa shape index (κ1) is 21.7. The van der Waals surface area contributed by atoms with Gasteiger partial charge in [0.1, 0.15) is 11.6 Å². The Labute approximate surface area is 154 Å². The lowest BCUT2D eigenvalue weighted by molar-refractivity contribution is -0.141.